The molecule has 0 bridgehead atoms. The lowest BCUT2D eigenvalue weighted by molar-refractivity contribution is -0.154. The lowest BCUT2D eigenvalue weighted by atomic mass is 10.1. The summed E-state index contributed by atoms with van der Waals surface area (Å²) in [6, 6.07) is 0. The van der Waals surface area contributed by atoms with Crippen LogP contribution in [0.3, 0.4) is 0 Å². The van der Waals surface area contributed by atoms with Gasteiger partial charge < -0.3 is 20.1 Å². The summed E-state index contributed by atoms with van der Waals surface area (Å²) in [4.78, 5) is 22.6. The highest BCUT2D eigenvalue weighted by Crippen LogP contribution is 2.43. The number of nitrogens with two attached hydrogens (primary N) is 1. The third-order valence-corrected chi connectivity index (χ3v) is 10.7. The van der Waals surface area contributed by atoms with Gasteiger partial charge in [-0.1, -0.05) is 187 Å². The van der Waals surface area contributed by atoms with Crippen LogP contribution >= 0.6 is 7.82 Å². The summed E-state index contributed by atoms with van der Waals surface area (Å²) < 4.78 is 33.5. The maximum absolute atomic E-state index is 12.6. The highest BCUT2D eigenvalue weighted by atomic mass is 31.2. The number of esters is 1. The number of carbonyl (C=O) groups is 1. The summed E-state index contributed by atoms with van der Waals surface area (Å²) in [6.45, 7) is 4.63. The second-order valence-electron chi connectivity index (χ2n) is 15.6. The summed E-state index contributed by atoms with van der Waals surface area (Å²) in [6.07, 6.45) is 66.8. The molecule has 0 aromatic heterocycles. The van der Waals surface area contributed by atoms with Crippen molar-refractivity contribution < 1.29 is 32.8 Å². The van der Waals surface area contributed by atoms with Gasteiger partial charge in [-0.3, -0.25) is 13.8 Å². The molecule has 0 aliphatic heterocycles. The SMILES string of the molecule is CC/C=C\C/C=C\C/C=C\C/C=C\C/C=C\CCCCCCCCCCOCC(COP(=O)(O)OCCN)OC(=O)CCCCCCCC/C=C\C/C=C\C/C=C\C/C=C\CC. The van der Waals surface area contributed by atoms with Crippen LogP contribution in [-0.2, 0) is 27.9 Å². The number of carbonyl (C=O) groups excluding carboxylic acids is 1. The van der Waals surface area contributed by atoms with Crippen molar-refractivity contribution in [3.63, 3.8) is 0 Å². The molecule has 0 aliphatic rings. The molecule has 0 heterocycles. The minimum absolute atomic E-state index is 0.0898. The van der Waals surface area contributed by atoms with Crippen molar-refractivity contribution in [2.45, 2.75) is 187 Å². The minimum atomic E-state index is -4.30. The molecule has 3 N–H and O–H groups in total. The molecule has 0 aromatic carbocycles. The van der Waals surface area contributed by atoms with E-state index in [1.807, 2.05) is 0 Å². The summed E-state index contributed by atoms with van der Waals surface area (Å²) in [5, 5.41) is 0. The Morgan fingerprint density at radius 1 is 0.484 bits per heavy atom. The summed E-state index contributed by atoms with van der Waals surface area (Å²) in [7, 11) is -4.30. The number of hydrogen-bond donors (Lipinski definition) is 2. The molecule has 0 saturated carbocycles. The molecule has 0 aliphatic carbocycles. The van der Waals surface area contributed by atoms with Gasteiger partial charge in [-0.05, 0) is 96.3 Å². The lowest BCUT2D eigenvalue weighted by Crippen LogP contribution is -2.28. The fourth-order valence-electron chi connectivity index (χ4n) is 6.19. The largest absolute Gasteiger partial charge is 0.472 e. The van der Waals surface area contributed by atoms with E-state index in [1.54, 1.807) is 0 Å². The summed E-state index contributed by atoms with van der Waals surface area (Å²) in [5.74, 6) is -0.352. The van der Waals surface area contributed by atoms with Gasteiger partial charge >= 0.3 is 13.8 Å². The maximum atomic E-state index is 12.6. The summed E-state index contributed by atoms with van der Waals surface area (Å²) in [5.41, 5.74) is 5.38. The van der Waals surface area contributed by atoms with E-state index in [4.69, 9.17) is 24.3 Å². The van der Waals surface area contributed by atoms with Crippen LogP contribution in [0.25, 0.3) is 0 Å². The first kappa shape index (κ1) is 59.2. The minimum Gasteiger partial charge on any atom is -0.457 e. The van der Waals surface area contributed by atoms with Crippen molar-refractivity contribution >= 4 is 13.8 Å². The predicted octanol–water partition coefficient (Wildman–Crippen LogP) is 15.2. The Kier molecular flexibility index (Phi) is 46.9. The fourth-order valence-corrected chi connectivity index (χ4v) is 6.96. The van der Waals surface area contributed by atoms with E-state index in [0.29, 0.717) is 13.0 Å². The van der Waals surface area contributed by atoms with Crippen molar-refractivity contribution in [1.82, 2.24) is 0 Å². The number of hydrogen-bond acceptors (Lipinski definition) is 7. The van der Waals surface area contributed by atoms with Crippen molar-refractivity contribution in [2.75, 3.05) is 33.0 Å². The van der Waals surface area contributed by atoms with E-state index >= 15 is 0 Å². The van der Waals surface area contributed by atoms with E-state index in [9.17, 15) is 14.3 Å². The maximum Gasteiger partial charge on any atom is 0.472 e. The molecule has 2 atom stereocenters. The molecule has 62 heavy (non-hydrogen) atoms. The van der Waals surface area contributed by atoms with Crippen LogP contribution in [0, 0.1) is 0 Å². The van der Waals surface area contributed by atoms with Crippen LogP contribution in [0.15, 0.2) is 109 Å². The zero-order valence-electron chi connectivity index (χ0n) is 39.3. The molecule has 0 rings (SSSR count). The van der Waals surface area contributed by atoms with Crippen molar-refractivity contribution in [1.29, 1.82) is 0 Å². The molecule has 0 spiro atoms. The Bertz CT molecular complexity index is 1310. The molecule has 2 unspecified atom stereocenters. The molecule has 0 radical (unpaired) electrons. The predicted molar refractivity (Wildman–Crippen MR) is 265 cm³/mol. The van der Waals surface area contributed by atoms with Gasteiger partial charge in [0.25, 0.3) is 0 Å². The molecule has 9 heteroatoms. The molecule has 0 fully saturated rings. The second-order valence-corrected chi connectivity index (χ2v) is 17.0. The van der Waals surface area contributed by atoms with E-state index < -0.39 is 13.9 Å². The van der Waals surface area contributed by atoms with Crippen LogP contribution in [-0.4, -0.2) is 49.9 Å². The van der Waals surface area contributed by atoms with Crippen LogP contribution < -0.4 is 5.73 Å². The van der Waals surface area contributed by atoms with Gasteiger partial charge in [-0.2, -0.15) is 0 Å². The average Bonchev–Trinajstić information content (AvgIpc) is 3.26. The standard InChI is InChI=1S/C53H90NO7P/c1-3-5-7-9-11-13-15-17-19-21-23-24-25-26-27-29-31-33-35-37-39-41-43-45-48-58-50-52(51-60-62(56,57)59-49-47-54)61-53(55)46-44-42-40-38-36-34-32-30-28-22-20-18-16-14-12-10-8-6-4-2/h5-8,11-14,17-20,23-24,26-28,30,52H,3-4,9-10,15-16,21-22,25,29,31-51,54H2,1-2H3,(H,56,57)/b7-5-,8-6-,13-11-,14-12-,19-17-,20-18-,24-23-,27-26-,30-28-. The topological polar surface area (TPSA) is 117 Å². The third-order valence-electron chi connectivity index (χ3n) is 9.69. The first-order chi connectivity index (χ1) is 30.4. The second kappa shape index (κ2) is 49.2. The Morgan fingerprint density at radius 2 is 0.855 bits per heavy atom. The number of unbranched alkanes of at least 4 members (excludes halogenated alkanes) is 14. The molecular formula is C53H90NO7P. The number of ether oxygens (including phenoxy) is 2. The van der Waals surface area contributed by atoms with Crippen LogP contribution in [0.4, 0.5) is 0 Å². The van der Waals surface area contributed by atoms with Gasteiger partial charge in [-0.15, -0.1) is 0 Å². The van der Waals surface area contributed by atoms with Crippen LogP contribution in [0.1, 0.15) is 181 Å². The van der Waals surface area contributed by atoms with Gasteiger partial charge in [0.2, 0.25) is 0 Å². The number of phosphoric ester groups is 1. The van der Waals surface area contributed by atoms with Gasteiger partial charge in [0.05, 0.1) is 19.8 Å². The third kappa shape index (κ3) is 48.2. The van der Waals surface area contributed by atoms with E-state index in [2.05, 4.69) is 123 Å². The van der Waals surface area contributed by atoms with Crippen LogP contribution in [0.2, 0.25) is 0 Å². The normalized spacial score (nSPS) is 14.3. The summed E-state index contributed by atoms with van der Waals surface area (Å²) >= 11 is 0. The van der Waals surface area contributed by atoms with Crippen molar-refractivity contribution in [2.24, 2.45) is 5.73 Å². The molecule has 354 valence electrons. The molecular weight excluding hydrogens is 794 g/mol. The molecule has 0 saturated heterocycles. The monoisotopic (exact) mass is 884 g/mol. The van der Waals surface area contributed by atoms with Gasteiger partial charge in [-0.25, -0.2) is 4.57 Å². The van der Waals surface area contributed by atoms with Gasteiger partial charge in [0.1, 0.15) is 6.10 Å². The van der Waals surface area contributed by atoms with Gasteiger partial charge in [0.15, 0.2) is 0 Å². The number of phosphoric acid groups is 1. The Hall–Kier alpha value is -2.84. The number of rotatable bonds is 45. The van der Waals surface area contributed by atoms with Crippen molar-refractivity contribution in [3.05, 3.63) is 109 Å². The highest BCUT2D eigenvalue weighted by molar-refractivity contribution is 7.47. The van der Waals surface area contributed by atoms with Gasteiger partial charge in [0, 0.05) is 19.6 Å². The number of allylic oxidation sites excluding steroid dienone is 18. The first-order valence-electron chi connectivity index (χ1n) is 24.4. The fraction of sp³-hybridized carbons (Fsp3) is 0.642. The smallest absolute Gasteiger partial charge is 0.457 e. The Labute approximate surface area is 380 Å². The Balaban J connectivity index is 4.04. The molecule has 0 aromatic rings. The Morgan fingerprint density at radius 3 is 1.27 bits per heavy atom. The quantitative estimate of drug-likeness (QED) is 0.0269. The first-order valence-corrected chi connectivity index (χ1v) is 25.9. The van der Waals surface area contributed by atoms with Crippen LogP contribution in [0.5, 0.6) is 0 Å². The molecule has 8 nitrogen and oxygen atoms in total. The highest BCUT2D eigenvalue weighted by Gasteiger charge is 2.25. The lowest BCUT2D eigenvalue weighted by Gasteiger charge is -2.20. The zero-order chi connectivity index (χ0) is 45.1. The average molecular weight is 884 g/mol. The van der Waals surface area contributed by atoms with E-state index in [0.717, 1.165) is 116 Å². The zero-order valence-corrected chi connectivity index (χ0v) is 40.2. The van der Waals surface area contributed by atoms with E-state index in [-0.39, 0.29) is 32.3 Å². The van der Waals surface area contributed by atoms with E-state index in [1.165, 1.54) is 44.9 Å². The molecule has 0 amide bonds. The van der Waals surface area contributed by atoms with Crippen molar-refractivity contribution in [3.8, 4) is 0 Å².